The molecule has 4 heterocycles. The molecule has 2 aliphatic heterocycles. The number of carbonyl (C=O) groups excluding carboxylic acids is 1. The summed E-state index contributed by atoms with van der Waals surface area (Å²) in [6.07, 6.45) is -3.13. The second kappa shape index (κ2) is 17.4. The number of methoxy groups -OCH3 is 2. The van der Waals surface area contributed by atoms with E-state index in [1.165, 1.54) is 22.7 Å². The average Bonchev–Trinajstić information content (AvgIpc) is 3.36. The maximum absolute atomic E-state index is 15.0. The van der Waals surface area contributed by atoms with Crippen molar-refractivity contribution < 1.29 is 32.2 Å². The van der Waals surface area contributed by atoms with Gasteiger partial charge in [-0.25, -0.2) is 9.97 Å². The summed E-state index contributed by atoms with van der Waals surface area (Å²) < 4.78 is 64.5. The smallest absolute Gasteiger partial charge is 0.418 e. The predicted molar refractivity (Wildman–Crippen MR) is 221 cm³/mol. The number of carbonyl (C=O) groups is 1. The van der Waals surface area contributed by atoms with Gasteiger partial charge in [-0.1, -0.05) is 47.6 Å². The highest BCUT2D eigenvalue weighted by molar-refractivity contribution is 9.10. The van der Waals surface area contributed by atoms with Gasteiger partial charge in [0.15, 0.2) is 10.9 Å². The minimum atomic E-state index is -4.76. The number of aryl methyl sites for hydroxylation is 1. The SMILES string of the molecule is COc1ccc(CN(Cc2ccc(OC)cc2)c2cc(Cl)c(C(F)(F)F)c(C3Cc4nc(SC)nc(N5CCCn6nc(C(=O)N(C)C)c(Br)c6C5)c4CO3)c2)cc1. The number of thioether (sulfide) groups is 1. The van der Waals surface area contributed by atoms with E-state index in [9.17, 15) is 18.0 Å². The van der Waals surface area contributed by atoms with Crippen molar-refractivity contribution in [2.45, 2.75) is 63.1 Å². The van der Waals surface area contributed by atoms with Crippen LogP contribution in [0.5, 0.6) is 11.5 Å². The normalized spacial score (nSPS) is 15.3. The molecule has 17 heteroatoms. The molecular formula is C41H42BrClF3N7O4S. The van der Waals surface area contributed by atoms with Gasteiger partial charge in [0.25, 0.3) is 5.91 Å². The zero-order chi connectivity index (χ0) is 41.3. The third kappa shape index (κ3) is 8.75. The predicted octanol–water partition coefficient (Wildman–Crippen LogP) is 8.98. The van der Waals surface area contributed by atoms with E-state index in [1.54, 1.807) is 34.4 Å². The Balaban J connectivity index is 1.26. The fourth-order valence-corrected chi connectivity index (χ4v) is 8.57. The first kappa shape index (κ1) is 41.6. The zero-order valence-electron chi connectivity index (χ0n) is 32.6. The number of benzene rings is 3. The Kier molecular flexibility index (Phi) is 12.5. The molecule has 0 N–H and O–H groups in total. The Morgan fingerprint density at radius 3 is 2.21 bits per heavy atom. The summed E-state index contributed by atoms with van der Waals surface area (Å²) in [6, 6.07) is 18.0. The molecule has 0 spiro atoms. The number of alkyl halides is 3. The quantitative estimate of drug-likeness (QED) is 0.0945. The Labute approximate surface area is 352 Å². The lowest BCUT2D eigenvalue weighted by atomic mass is 9.94. The monoisotopic (exact) mass is 899 g/mol. The van der Waals surface area contributed by atoms with Crippen LogP contribution in [0.25, 0.3) is 0 Å². The minimum Gasteiger partial charge on any atom is -0.497 e. The second-order valence-corrected chi connectivity index (χ2v) is 16.2. The van der Waals surface area contributed by atoms with Crippen molar-refractivity contribution >= 4 is 56.7 Å². The van der Waals surface area contributed by atoms with Crippen molar-refractivity contribution in [3.8, 4) is 11.5 Å². The van der Waals surface area contributed by atoms with Crippen LogP contribution in [0.15, 0.2) is 70.3 Å². The van der Waals surface area contributed by atoms with Crippen molar-refractivity contribution in [1.29, 1.82) is 0 Å². The Bertz CT molecular complexity index is 2240. The molecule has 0 bridgehead atoms. The number of halogens is 5. The van der Waals surface area contributed by atoms with Gasteiger partial charge in [-0.15, -0.1) is 0 Å². The van der Waals surface area contributed by atoms with Gasteiger partial charge in [-0.2, -0.15) is 18.3 Å². The number of hydrogen-bond acceptors (Lipinski definition) is 10. The van der Waals surface area contributed by atoms with Gasteiger partial charge in [0, 0.05) is 57.9 Å². The summed E-state index contributed by atoms with van der Waals surface area (Å²) in [5, 5.41) is 4.68. The maximum Gasteiger partial charge on any atom is 0.418 e. The first-order valence-electron chi connectivity index (χ1n) is 18.5. The fourth-order valence-electron chi connectivity index (χ4n) is 7.28. The van der Waals surface area contributed by atoms with Crippen LogP contribution in [0.2, 0.25) is 5.02 Å². The summed E-state index contributed by atoms with van der Waals surface area (Å²) in [7, 11) is 6.54. The number of nitrogens with zero attached hydrogens (tertiary/aromatic N) is 7. The maximum atomic E-state index is 15.0. The molecule has 0 fully saturated rings. The van der Waals surface area contributed by atoms with E-state index in [0.29, 0.717) is 82.3 Å². The number of hydrogen-bond donors (Lipinski definition) is 0. The van der Waals surface area contributed by atoms with Gasteiger partial charge < -0.3 is 28.9 Å². The van der Waals surface area contributed by atoms with Gasteiger partial charge in [0.2, 0.25) is 0 Å². The van der Waals surface area contributed by atoms with Crippen molar-refractivity contribution in [3.05, 3.63) is 115 Å². The molecule has 1 amide bonds. The van der Waals surface area contributed by atoms with Gasteiger partial charge in [-0.05, 0) is 81.7 Å². The molecule has 3 aromatic carbocycles. The van der Waals surface area contributed by atoms with Crippen molar-refractivity contribution in [1.82, 2.24) is 24.6 Å². The van der Waals surface area contributed by atoms with Crippen LogP contribution in [-0.4, -0.2) is 71.7 Å². The van der Waals surface area contributed by atoms with E-state index in [4.69, 9.17) is 35.8 Å². The van der Waals surface area contributed by atoms with Crippen LogP contribution in [0.1, 0.15) is 62.2 Å². The summed E-state index contributed by atoms with van der Waals surface area (Å²) in [6.45, 7) is 2.33. The lowest BCUT2D eigenvalue weighted by Crippen LogP contribution is -2.29. The molecule has 0 aliphatic carbocycles. The van der Waals surface area contributed by atoms with Crippen molar-refractivity contribution in [3.63, 3.8) is 0 Å². The third-order valence-electron chi connectivity index (χ3n) is 10.2. The molecule has 0 radical (unpaired) electrons. The largest absolute Gasteiger partial charge is 0.497 e. The first-order valence-corrected chi connectivity index (χ1v) is 20.9. The molecule has 5 aromatic rings. The molecule has 1 unspecified atom stereocenters. The summed E-state index contributed by atoms with van der Waals surface area (Å²) in [5.74, 6) is 1.81. The molecule has 1 atom stereocenters. The van der Waals surface area contributed by atoms with Crippen LogP contribution in [0.3, 0.4) is 0 Å². The molecule has 58 heavy (non-hydrogen) atoms. The molecule has 7 rings (SSSR count). The van der Waals surface area contributed by atoms with E-state index in [0.717, 1.165) is 23.2 Å². The highest BCUT2D eigenvalue weighted by Crippen LogP contribution is 2.46. The number of rotatable bonds is 11. The first-order chi connectivity index (χ1) is 27.8. The van der Waals surface area contributed by atoms with E-state index < -0.39 is 22.9 Å². The van der Waals surface area contributed by atoms with Crippen LogP contribution < -0.4 is 19.3 Å². The van der Waals surface area contributed by atoms with Crippen molar-refractivity contribution in [2.24, 2.45) is 0 Å². The highest BCUT2D eigenvalue weighted by atomic mass is 79.9. The summed E-state index contributed by atoms with van der Waals surface area (Å²) in [5.41, 5.74) is 3.81. The van der Waals surface area contributed by atoms with Crippen LogP contribution in [0.4, 0.5) is 24.7 Å². The number of amides is 1. The molecule has 0 saturated carbocycles. The molecule has 0 saturated heterocycles. The zero-order valence-corrected chi connectivity index (χ0v) is 35.7. The Hall–Kier alpha value is -4.51. The Morgan fingerprint density at radius 1 is 1.00 bits per heavy atom. The number of ether oxygens (including phenoxy) is 3. The van der Waals surface area contributed by atoms with Gasteiger partial charge in [0.05, 0.1) is 59.9 Å². The summed E-state index contributed by atoms with van der Waals surface area (Å²) >= 11 is 11.6. The topological polar surface area (TPSA) is 98.1 Å². The van der Waals surface area contributed by atoms with Crippen molar-refractivity contribution in [2.75, 3.05) is 50.9 Å². The Morgan fingerprint density at radius 2 is 1.64 bits per heavy atom. The van der Waals surface area contributed by atoms with Crippen LogP contribution in [0, 0.1) is 0 Å². The number of aromatic nitrogens is 4. The van der Waals surface area contributed by atoms with Gasteiger partial charge in [-0.3, -0.25) is 9.48 Å². The average molecular weight is 901 g/mol. The van der Waals surface area contributed by atoms with Gasteiger partial charge >= 0.3 is 6.18 Å². The highest BCUT2D eigenvalue weighted by Gasteiger charge is 2.41. The minimum absolute atomic E-state index is 0.0220. The lowest BCUT2D eigenvalue weighted by molar-refractivity contribution is -0.139. The van der Waals surface area contributed by atoms with E-state index in [2.05, 4.69) is 25.9 Å². The fraction of sp³-hybridized carbons (Fsp3) is 0.366. The molecular weight excluding hydrogens is 859 g/mol. The standard InChI is InChI=1S/C41H42BrClF3N7O4S/c1-50(2)39(54)37-36(42)33-22-51(15-6-16-53(33)49-37)38-30-23-57-34(19-32(30)47-40(48-38)58-5)29-17-26(18-31(43)35(29)41(44,45)46)52(20-24-7-11-27(55-3)12-8-24)21-25-9-13-28(56-4)14-10-25/h7-14,17-18,34H,6,15-16,19-23H2,1-5H3. The van der Waals surface area contributed by atoms with E-state index in [1.807, 2.05) is 64.4 Å². The number of anilines is 2. The molecule has 306 valence electrons. The summed E-state index contributed by atoms with van der Waals surface area (Å²) in [4.78, 5) is 28.2. The van der Waals surface area contributed by atoms with E-state index >= 15 is 0 Å². The number of fused-ring (bicyclic) bond motifs is 2. The molecule has 11 nitrogen and oxygen atoms in total. The lowest BCUT2D eigenvalue weighted by Gasteiger charge is -2.33. The molecule has 2 aliphatic rings. The second-order valence-electron chi connectivity index (χ2n) is 14.2. The van der Waals surface area contributed by atoms with Crippen LogP contribution >= 0.6 is 39.3 Å². The van der Waals surface area contributed by atoms with E-state index in [-0.39, 0.29) is 24.5 Å². The van der Waals surface area contributed by atoms with Crippen LogP contribution in [-0.2, 0) is 50.1 Å². The molecule has 2 aromatic heterocycles. The van der Waals surface area contributed by atoms with Gasteiger partial charge in [0.1, 0.15) is 17.3 Å². The third-order valence-corrected chi connectivity index (χ3v) is 11.9.